The first-order valence-electron chi connectivity index (χ1n) is 8.59. The summed E-state index contributed by atoms with van der Waals surface area (Å²) >= 11 is 0. The van der Waals surface area contributed by atoms with E-state index in [1.165, 1.54) is 5.56 Å². The molecule has 0 saturated carbocycles. The Hall–Kier alpha value is -2.44. The molecule has 1 aliphatic heterocycles. The minimum absolute atomic E-state index is 0.147. The first-order valence-corrected chi connectivity index (χ1v) is 8.59. The lowest BCUT2D eigenvalue weighted by molar-refractivity contribution is -0.0405. The van der Waals surface area contributed by atoms with E-state index in [1.54, 1.807) is 6.26 Å². The summed E-state index contributed by atoms with van der Waals surface area (Å²) in [7, 11) is 0. The number of morpholine rings is 1. The number of benzene rings is 1. The highest BCUT2D eigenvalue weighted by Gasteiger charge is 2.22. The summed E-state index contributed by atoms with van der Waals surface area (Å²) in [5.41, 5.74) is 3.13. The molecule has 1 aromatic carbocycles. The van der Waals surface area contributed by atoms with E-state index < -0.39 is 0 Å². The van der Waals surface area contributed by atoms with Crippen molar-refractivity contribution in [2.24, 2.45) is 0 Å². The van der Waals surface area contributed by atoms with E-state index in [-0.39, 0.29) is 6.10 Å². The van der Waals surface area contributed by atoms with Crippen molar-refractivity contribution in [3.63, 3.8) is 0 Å². The third-order valence-electron chi connectivity index (χ3n) is 4.33. The first-order chi connectivity index (χ1) is 12.3. The van der Waals surface area contributed by atoms with Crippen molar-refractivity contribution >= 4 is 0 Å². The highest BCUT2D eigenvalue weighted by molar-refractivity contribution is 5.52. The van der Waals surface area contributed by atoms with Crippen LogP contribution >= 0.6 is 0 Å². The van der Waals surface area contributed by atoms with Gasteiger partial charge in [0.2, 0.25) is 5.89 Å². The Kier molecular flexibility index (Phi) is 4.63. The number of oxazole rings is 1. The number of aryl methyl sites for hydroxylation is 1. The van der Waals surface area contributed by atoms with E-state index in [0.717, 1.165) is 44.0 Å². The zero-order valence-electron chi connectivity index (χ0n) is 14.3. The molecule has 0 aliphatic carbocycles. The molecule has 3 heterocycles. The van der Waals surface area contributed by atoms with Gasteiger partial charge in [-0.2, -0.15) is 5.10 Å². The molecule has 25 heavy (non-hydrogen) atoms. The Bertz CT molecular complexity index is 812. The quantitative estimate of drug-likeness (QED) is 0.716. The average molecular weight is 338 g/mol. The van der Waals surface area contributed by atoms with Crippen molar-refractivity contribution in [2.75, 3.05) is 19.7 Å². The van der Waals surface area contributed by atoms with Crippen LogP contribution in [0.4, 0.5) is 0 Å². The first kappa shape index (κ1) is 16.1. The van der Waals surface area contributed by atoms with E-state index in [0.29, 0.717) is 5.89 Å². The Labute approximate surface area is 147 Å². The minimum Gasteiger partial charge on any atom is -0.444 e. The molecule has 3 aromatic rings. The molecule has 1 aliphatic rings. The van der Waals surface area contributed by atoms with Crippen LogP contribution in [0.5, 0.6) is 0 Å². The molecule has 0 radical (unpaired) electrons. The lowest BCUT2D eigenvalue weighted by Crippen LogP contribution is -2.43. The maximum Gasteiger partial charge on any atom is 0.226 e. The Balaban J connectivity index is 1.37. The van der Waals surface area contributed by atoms with Gasteiger partial charge in [-0.1, -0.05) is 18.2 Å². The molecular weight excluding hydrogens is 316 g/mol. The summed E-state index contributed by atoms with van der Waals surface area (Å²) in [6.45, 7) is 6.10. The van der Waals surface area contributed by atoms with Crippen molar-refractivity contribution in [2.45, 2.75) is 26.1 Å². The number of ether oxygens (including phenoxy) is 1. The SMILES string of the molecule is Cc1cnn(CC2CN(Cc3coc(-c4ccccc4)n3)CCO2)c1. The minimum atomic E-state index is 0.147. The van der Waals surface area contributed by atoms with Gasteiger partial charge in [-0.3, -0.25) is 9.58 Å². The summed E-state index contributed by atoms with van der Waals surface area (Å²) in [6.07, 6.45) is 5.82. The lowest BCUT2D eigenvalue weighted by atomic mass is 10.2. The van der Waals surface area contributed by atoms with E-state index in [2.05, 4.69) is 15.0 Å². The summed E-state index contributed by atoms with van der Waals surface area (Å²) in [4.78, 5) is 6.98. The van der Waals surface area contributed by atoms with Gasteiger partial charge < -0.3 is 9.15 Å². The van der Waals surface area contributed by atoms with Crippen molar-refractivity contribution < 1.29 is 9.15 Å². The van der Waals surface area contributed by atoms with Crippen LogP contribution in [-0.4, -0.2) is 45.5 Å². The van der Waals surface area contributed by atoms with Gasteiger partial charge in [0.25, 0.3) is 0 Å². The fourth-order valence-corrected chi connectivity index (χ4v) is 3.13. The van der Waals surface area contributed by atoms with Gasteiger partial charge in [0, 0.05) is 31.4 Å². The van der Waals surface area contributed by atoms with Gasteiger partial charge in [0.1, 0.15) is 6.26 Å². The normalized spacial score (nSPS) is 18.5. The van der Waals surface area contributed by atoms with Crippen molar-refractivity contribution in [1.29, 1.82) is 0 Å². The third-order valence-corrected chi connectivity index (χ3v) is 4.33. The molecule has 0 N–H and O–H groups in total. The van der Waals surface area contributed by atoms with E-state index >= 15 is 0 Å². The second kappa shape index (κ2) is 7.21. The van der Waals surface area contributed by atoms with Gasteiger partial charge >= 0.3 is 0 Å². The van der Waals surface area contributed by atoms with Gasteiger partial charge in [-0.15, -0.1) is 0 Å². The predicted molar refractivity (Wildman–Crippen MR) is 93.9 cm³/mol. The molecule has 1 fully saturated rings. The molecule has 0 amide bonds. The van der Waals surface area contributed by atoms with E-state index in [9.17, 15) is 0 Å². The monoisotopic (exact) mass is 338 g/mol. The van der Waals surface area contributed by atoms with E-state index in [4.69, 9.17) is 9.15 Å². The summed E-state index contributed by atoms with van der Waals surface area (Å²) < 4.78 is 13.5. The van der Waals surface area contributed by atoms with Crippen molar-refractivity contribution in [3.8, 4) is 11.5 Å². The zero-order chi connectivity index (χ0) is 17.1. The summed E-state index contributed by atoms with van der Waals surface area (Å²) in [5, 5.41) is 4.35. The topological polar surface area (TPSA) is 56.3 Å². The van der Waals surface area contributed by atoms with Crippen LogP contribution in [-0.2, 0) is 17.8 Å². The number of aromatic nitrogens is 3. The molecule has 2 aromatic heterocycles. The van der Waals surface area contributed by atoms with Gasteiger partial charge in [0.15, 0.2) is 0 Å². The fourth-order valence-electron chi connectivity index (χ4n) is 3.13. The van der Waals surface area contributed by atoms with Crippen LogP contribution in [0, 0.1) is 6.92 Å². The predicted octanol–water partition coefficient (Wildman–Crippen LogP) is 2.75. The average Bonchev–Trinajstić information content (AvgIpc) is 3.25. The molecule has 1 atom stereocenters. The molecular formula is C19H22N4O2. The van der Waals surface area contributed by atoms with Gasteiger partial charge in [-0.25, -0.2) is 4.98 Å². The summed E-state index contributed by atoms with van der Waals surface area (Å²) in [5.74, 6) is 0.674. The molecule has 6 heteroatoms. The van der Waals surface area contributed by atoms with Crippen LogP contribution in [0.1, 0.15) is 11.3 Å². The highest BCUT2D eigenvalue weighted by Crippen LogP contribution is 2.19. The molecule has 0 spiro atoms. The largest absolute Gasteiger partial charge is 0.444 e. The fraction of sp³-hybridized carbons (Fsp3) is 0.368. The Morgan fingerprint density at radius 1 is 1.24 bits per heavy atom. The lowest BCUT2D eigenvalue weighted by Gasteiger charge is -2.32. The highest BCUT2D eigenvalue weighted by atomic mass is 16.5. The molecule has 0 bridgehead atoms. The number of nitrogens with zero attached hydrogens (tertiary/aromatic N) is 4. The van der Waals surface area contributed by atoms with Crippen LogP contribution in [0.15, 0.2) is 53.4 Å². The maximum atomic E-state index is 5.89. The maximum absolute atomic E-state index is 5.89. The Morgan fingerprint density at radius 2 is 2.12 bits per heavy atom. The van der Waals surface area contributed by atoms with Crippen molar-refractivity contribution in [3.05, 3.63) is 60.2 Å². The molecule has 1 unspecified atom stereocenters. The smallest absolute Gasteiger partial charge is 0.226 e. The molecule has 6 nitrogen and oxygen atoms in total. The van der Waals surface area contributed by atoms with Crippen LogP contribution in [0.25, 0.3) is 11.5 Å². The molecule has 130 valence electrons. The third kappa shape index (κ3) is 3.97. The van der Waals surface area contributed by atoms with Crippen molar-refractivity contribution in [1.82, 2.24) is 19.7 Å². The van der Waals surface area contributed by atoms with Gasteiger partial charge in [-0.05, 0) is 24.6 Å². The Morgan fingerprint density at radius 3 is 2.92 bits per heavy atom. The van der Waals surface area contributed by atoms with Crippen LogP contribution in [0.2, 0.25) is 0 Å². The molecule has 1 saturated heterocycles. The number of rotatable bonds is 5. The van der Waals surface area contributed by atoms with Crippen LogP contribution in [0.3, 0.4) is 0 Å². The number of hydrogen-bond donors (Lipinski definition) is 0. The number of hydrogen-bond acceptors (Lipinski definition) is 5. The van der Waals surface area contributed by atoms with Crippen LogP contribution < -0.4 is 0 Å². The van der Waals surface area contributed by atoms with E-state index in [1.807, 2.05) is 54.3 Å². The molecule has 4 rings (SSSR count). The zero-order valence-corrected chi connectivity index (χ0v) is 14.3. The second-order valence-corrected chi connectivity index (χ2v) is 6.48. The standard InChI is InChI=1S/C19H22N4O2/c1-15-9-20-23(10-15)13-18-12-22(7-8-24-18)11-17-14-25-19(21-17)16-5-3-2-4-6-16/h2-6,9-10,14,18H,7-8,11-13H2,1H3. The van der Waals surface area contributed by atoms with Gasteiger partial charge in [0.05, 0.1) is 31.1 Å². The summed E-state index contributed by atoms with van der Waals surface area (Å²) in [6, 6.07) is 9.98. The second-order valence-electron chi connectivity index (χ2n) is 6.48.